The topological polar surface area (TPSA) is 62.6 Å². The molecule has 0 aliphatic carbocycles. The molecule has 21 heavy (non-hydrogen) atoms. The Kier molecular flexibility index (Phi) is 4.79. The molecule has 1 saturated heterocycles. The van der Waals surface area contributed by atoms with Crippen molar-refractivity contribution in [2.75, 3.05) is 32.4 Å². The van der Waals surface area contributed by atoms with Crippen LogP contribution in [0.4, 0.5) is 0 Å². The zero-order valence-corrected chi connectivity index (χ0v) is 14.8. The van der Waals surface area contributed by atoms with Crippen molar-refractivity contribution in [2.24, 2.45) is 0 Å². The third kappa shape index (κ3) is 3.67. The summed E-state index contributed by atoms with van der Waals surface area (Å²) in [5.41, 5.74) is 0.629. The van der Waals surface area contributed by atoms with Crippen LogP contribution in [-0.4, -0.2) is 60.5 Å². The van der Waals surface area contributed by atoms with Gasteiger partial charge in [-0.3, -0.25) is 4.79 Å². The van der Waals surface area contributed by atoms with E-state index in [1.54, 1.807) is 4.90 Å². The molecule has 0 N–H and O–H groups in total. The third-order valence-electron chi connectivity index (χ3n) is 3.59. The van der Waals surface area contributed by atoms with E-state index in [9.17, 15) is 13.2 Å². The second-order valence-electron chi connectivity index (χ2n) is 5.50. The Morgan fingerprint density at radius 3 is 2.29 bits per heavy atom. The lowest BCUT2D eigenvalue weighted by Crippen LogP contribution is -2.50. The predicted molar refractivity (Wildman–Crippen MR) is 84.8 cm³/mol. The van der Waals surface area contributed by atoms with Crippen LogP contribution in [0.3, 0.4) is 0 Å². The Labute approximate surface area is 133 Å². The summed E-state index contributed by atoms with van der Waals surface area (Å²) in [6.45, 7) is 5.59. The van der Waals surface area contributed by atoms with Crippen LogP contribution >= 0.6 is 15.9 Å². The highest BCUT2D eigenvalue weighted by Crippen LogP contribution is 2.21. The van der Waals surface area contributed by atoms with Gasteiger partial charge in [0.1, 0.15) is 5.69 Å². The minimum Gasteiger partial charge on any atom is -0.340 e. The molecule has 0 aromatic carbocycles. The van der Waals surface area contributed by atoms with Crippen LogP contribution in [0.15, 0.2) is 16.7 Å². The summed E-state index contributed by atoms with van der Waals surface area (Å²) in [6, 6.07) is 2.00. The fourth-order valence-corrected chi connectivity index (χ4v) is 3.69. The molecule has 0 bridgehead atoms. The van der Waals surface area contributed by atoms with E-state index in [-0.39, 0.29) is 11.9 Å². The third-order valence-corrected chi connectivity index (χ3v) is 5.32. The van der Waals surface area contributed by atoms with Crippen molar-refractivity contribution in [3.05, 3.63) is 22.4 Å². The van der Waals surface area contributed by atoms with E-state index in [1.165, 1.54) is 10.6 Å². The maximum Gasteiger partial charge on any atom is 0.270 e. The second-order valence-corrected chi connectivity index (χ2v) is 8.40. The zero-order valence-electron chi connectivity index (χ0n) is 12.4. The van der Waals surface area contributed by atoms with Gasteiger partial charge in [-0.15, -0.1) is 0 Å². The molecule has 2 rings (SSSR count). The molecule has 0 unspecified atom stereocenters. The second kappa shape index (κ2) is 6.10. The average molecular weight is 378 g/mol. The Balaban J connectivity index is 2.13. The number of nitrogens with zero attached hydrogens (tertiary/aromatic N) is 3. The summed E-state index contributed by atoms with van der Waals surface area (Å²) >= 11 is 3.40. The molecule has 118 valence electrons. The van der Waals surface area contributed by atoms with E-state index >= 15 is 0 Å². The number of halogens is 1. The van der Waals surface area contributed by atoms with Crippen molar-refractivity contribution < 1.29 is 13.2 Å². The van der Waals surface area contributed by atoms with Crippen molar-refractivity contribution in [3.8, 4) is 0 Å². The van der Waals surface area contributed by atoms with Crippen LogP contribution in [-0.2, 0) is 10.0 Å². The lowest BCUT2D eigenvalue weighted by Gasteiger charge is -2.33. The number of hydrogen-bond donors (Lipinski definition) is 0. The first-order valence-corrected chi connectivity index (χ1v) is 9.46. The summed E-state index contributed by atoms with van der Waals surface area (Å²) in [5.74, 6) is -0.0532. The maximum absolute atomic E-state index is 12.6. The van der Waals surface area contributed by atoms with E-state index in [0.29, 0.717) is 31.9 Å². The highest BCUT2D eigenvalue weighted by molar-refractivity contribution is 9.10. The van der Waals surface area contributed by atoms with Gasteiger partial charge in [-0.1, -0.05) is 0 Å². The minimum absolute atomic E-state index is 0.0532. The van der Waals surface area contributed by atoms with Crippen LogP contribution in [0.2, 0.25) is 0 Å². The summed E-state index contributed by atoms with van der Waals surface area (Å²) in [5, 5.41) is 0. The molecule has 1 aromatic heterocycles. The largest absolute Gasteiger partial charge is 0.340 e. The summed E-state index contributed by atoms with van der Waals surface area (Å²) in [4.78, 5) is 14.3. The molecule has 2 heterocycles. The van der Waals surface area contributed by atoms with Gasteiger partial charge in [-0.25, -0.2) is 8.42 Å². The van der Waals surface area contributed by atoms with Crippen molar-refractivity contribution >= 4 is 31.9 Å². The SMILES string of the molecule is CC(C)n1cc(Br)cc1C(=O)N1CCN(S(C)(=O)=O)CC1. The Morgan fingerprint density at radius 2 is 1.81 bits per heavy atom. The van der Waals surface area contributed by atoms with Crippen molar-refractivity contribution in [1.29, 1.82) is 0 Å². The van der Waals surface area contributed by atoms with Gasteiger partial charge in [-0.2, -0.15) is 4.31 Å². The number of piperazine rings is 1. The number of sulfonamides is 1. The monoisotopic (exact) mass is 377 g/mol. The number of hydrogen-bond acceptors (Lipinski definition) is 3. The first kappa shape index (κ1) is 16.5. The van der Waals surface area contributed by atoms with Gasteiger partial charge in [0.25, 0.3) is 5.91 Å². The average Bonchev–Trinajstić information content (AvgIpc) is 2.79. The van der Waals surface area contributed by atoms with Crippen LogP contribution in [0.25, 0.3) is 0 Å². The maximum atomic E-state index is 12.6. The van der Waals surface area contributed by atoms with E-state index in [0.717, 1.165) is 4.47 Å². The number of amides is 1. The van der Waals surface area contributed by atoms with Crippen molar-refractivity contribution in [3.63, 3.8) is 0 Å². The van der Waals surface area contributed by atoms with Crippen LogP contribution < -0.4 is 0 Å². The van der Waals surface area contributed by atoms with E-state index in [2.05, 4.69) is 15.9 Å². The predicted octanol–water partition coefficient (Wildman–Crippen LogP) is 1.55. The molecule has 1 aliphatic heterocycles. The highest BCUT2D eigenvalue weighted by Gasteiger charge is 2.28. The zero-order chi connectivity index (χ0) is 15.8. The molecule has 0 atom stereocenters. The molecule has 0 spiro atoms. The molecule has 0 radical (unpaired) electrons. The van der Waals surface area contributed by atoms with Crippen LogP contribution in [0.1, 0.15) is 30.4 Å². The molecular formula is C13H20BrN3O3S. The number of carbonyl (C=O) groups excluding carboxylic acids is 1. The summed E-state index contributed by atoms with van der Waals surface area (Å²) in [7, 11) is -3.17. The summed E-state index contributed by atoms with van der Waals surface area (Å²) in [6.07, 6.45) is 3.09. The smallest absolute Gasteiger partial charge is 0.270 e. The van der Waals surface area contributed by atoms with Gasteiger partial charge >= 0.3 is 0 Å². The molecule has 1 fully saturated rings. The number of carbonyl (C=O) groups is 1. The van der Waals surface area contributed by atoms with E-state index < -0.39 is 10.0 Å². The van der Waals surface area contributed by atoms with E-state index in [4.69, 9.17) is 0 Å². The quantitative estimate of drug-likeness (QED) is 0.802. The first-order valence-electron chi connectivity index (χ1n) is 6.82. The van der Waals surface area contributed by atoms with Crippen LogP contribution in [0, 0.1) is 0 Å². The van der Waals surface area contributed by atoms with E-state index in [1.807, 2.05) is 30.7 Å². The normalized spacial score (nSPS) is 17.5. The number of rotatable bonds is 3. The van der Waals surface area contributed by atoms with Gasteiger partial charge in [0, 0.05) is 42.9 Å². The van der Waals surface area contributed by atoms with Crippen molar-refractivity contribution in [2.45, 2.75) is 19.9 Å². The standard InChI is InChI=1S/C13H20BrN3O3S/c1-10(2)17-9-11(14)8-12(17)13(18)15-4-6-16(7-5-15)21(3,19)20/h8-10H,4-7H2,1-3H3. The van der Waals surface area contributed by atoms with Gasteiger partial charge in [0.15, 0.2) is 0 Å². The lowest BCUT2D eigenvalue weighted by molar-refractivity contribution is 0.0685. The molecule has 8 heteroatoms. The lowest BCUT2D eigenvalue weighted by atomic mass is 10.3. The minimum atomic E-state index is -3.17. The van der Waals surface area contributed by atoms with Gasteiger partial charge < -0.3 is 9.47 Å². The molecule has 1 aliphatic rings. The summed E-state index contributed by atoms with van der Waals surface area (Å²) < 4.78 is 27.2. The van der Waals surface area contributed by atoms with Crippen LogP contribution in [0.5, 0.6) is 0 Å². The molecule has 1 amide bonds. The molecular weight excluding hydrogens is 358 g/mol. The fraction of sp³-hybridized carbons (Fsp3) is 0.615. The Bertz CT molecular complexity index is 631. The molecule has 0 saturated carbocycles. The molecule has 1 aromatic rings. The van der Waals surface area contributed by atoms with Gasteiger partial charge in [-0.05, 0) is 35.8 Å². The Hall–Kier alpha value is -0.860. The van der Waals surface area contributed by atoms with Gasteiger partial charge in [0.2, 0.25) is 10.0 Å². The highest BCUT2D eigenvalue weighted by atomic mass is 79.9. The Morgan fingerprint density at radius 1 is 1.24 bits per heavy atom. The van der Waals surface area contributed by atoms with Gasteiger partial charge in [0.05, 0.1) is 6.26 Å². The first-order chi connectivity index (χ1) is 9.70. The molecule has 6 nitrogen and oxygen atoms in total. The number of aromatic nitrogens is 1. The fourth-order valence-electron chi connectivity index (χ4n) is 2.43. The van der Waals surface area contributed by atoms with Crippen molar-refractivity contribution in [1.82, 2.24) is 13.8 Å².